The van der Waals surface area contributed by atoms with Crippen molar-refractivity contribution in [2.75, 3.05) is 39.3 Å². The van der Waals surface area contributed by atoms with Gasteiger partial charge in [0, 0.05) is 12.5 Å². The van der Waals surface area contributed by atoms with Gasteiger partial charge >= 0.3 is 0 Å². The maximum atomic E-state index is 11.9. The van der Waals surface area contributed by atoms with Crippen LogP contribution in [-0.4, -0.2) is 50.1 Å². The van der Waals surface area contributed by atoms with Crippen LogP contribution in [0.15, 0.2) is 0 Å². The van der Waals surface area contributed by atoms with E-state index in [0.717, 1.165) is 38.9 Å². The molecule has 21 heavy (non-hydrogen) atoms. The van der Waals surface area contributed by atoms with Gasteiger partial charge in [-0.2, -0.15) is 0 Å². The molecule has 2 aliphatic rings. The molecule has 0 unspecified atom stereocenters. The summed E-state index contributed by atoms with van der Waals surface area (Å²) in [6.07, 6.45) is 9.83. The van der Waals surface area contributed by atoms with Crippen LogP contribution in [0.2, 0.25) is 0 Å². The molecule has 1 amide bonds. The van der Waals surface area contributed by atoms with Gasteiger partial charge in [0.25, 0.3) is 0 Å². The summed E-state index contributed by atoms with van der Waals surface area (Å²) in [4.78, 5) is 14.5. The number of carbonyl (C=O) groups excluding carboxylic acids is 1. The number of likely N-dealkylation sites (tertiary alicyclic amines) is 1. The second-order valence-corrected chi connectivity index (χ2v) is 6.28. The first-order valence-corrected chi connectivity index (χ1v) is 8.57. The van der Waals surface area contributed by atoms with Crippen LogP contribution >= 0.6 is 12.4 Å². The Labute approximate surface area is 135 Å². The lowest BCUT2D eigenvalue weighted by Crippen LogP contribution is -2.38. The molecule has 0 spiro atoms. The molecule has 0 aromatic rings. The van der Waals surface area contributed by atoms with Crippen molar-refractivity contribution in [3.63, 3.8) is 0 Å². The van der Waals surface area contributed by atoms with Crippen molar-refractivity contribution < 1.29 is 4.79 Å². The monoisotopic (exact) mass is 317 g/mol. The summed E-state index contributed by atoms with van der Waals surface area (Å²) < 4.78 is 0. The highest BCUT2D eigenvalue weighted by Gasteiger charge is 2.19. The normalized spacial score (nSPS) is 20.8. The van der Waals surface area contributed by atoms with Crippen LogP contribution in [0, 0.1) is 5.92 Å². The van der Waals surface area contributed by atoms with E-state index in [-0.39, 0.29) is 24.2 Å². The fourth-order valence-electron chi connectivity index (χ4n) is 3.26. The molecule has 0 aromatic heterocycles. The Balaban J connectivity index is 0.00000220. The van der Waals surface area contributed by atoms with E-state index in [4.69, 9.17) is 0 Å². The third-order valence-electron chi connectivity index (χ3n) is 4.61. The number of halogens is 1. The number of nitrogens with zero attached hydrogens (tertiary/aromatic N) is 1. The quantitative estimate of drug-likeness (QED) is 0.707. The van der Waals surface area contributed by atoms with E-state index in [1.165, 1.54) is 51.7 Å². The Morgan fingerprint density at radius 2 is 1.76 bits per heavy atom. The van der Waals surface area contributed by atoms with Crippen molar-refractivity contribution in [2.24, 2.45) is 5.92 Å². The fraction of sp³-hybridized carbons (Fsp3) is 0.938. The molecular weight excluding hydrogens is 286 g/mol. The predicted molar refractivity (Wildman–Crippen MR) is 90.0 cm³/mol. The highest BCUT2D eigenvalue weighted by molar-refractivity contribution is 5.85. The topological polar surface area (TPSA) is 44.4 Å². The van der Waals surface area contributed by atoms with Crippen LogP contribution in [0.1, 0.15) is 51.4 Å². The smallest absolute Gasteiger partial charge is 0.223 e. The minimum absolute atomic E-state index is 0. The van der Waals surface area contributed by atoms with Gasteiger partial charge in [0.05, 0.1) is 0 Å². The summed E-state index contributed by atoms with van der Waals surface area (Å²) in [5.41, 5.74) is 0. The molecule has 5 heteroatoms. The Bertz CT molecular complexity index is 277. The van der Waals surface area contributed by atoms with Gasteiger partial charge in [-0.25, -0.2) is 0 Å². The molecule has 0 aliphatic carbocycles. The summed E-state index contributed by atoms with van der Waals surface area (Å²) in [5.74, 6) is 0.534. The van der Waals surface area contributed by atoms with Crippen molar-refractivity contribution in [1.29, 1.82) is 0 Å². The van der Waals surface area contributed by atoms with Gasteiger partial charge in [0.1, 0.15) is 0 Å². The number of carbonyl (C=O) groups is 1. The van der Waals surface area contributed by atoms with E-state index in [1.54, 1.807) is 0 Å². The molecular formula is C16H32ClN3O. The zero-order valence-electron chi connectivity index (χ0n) is 13.2. The lowest BCUT2D eigenvalue weighted by Gasteiger charge is -2.26. The van der Waals surface area contributed by atoms with E-state index in [1.807, 2.05) is 0 Å². The summed E-state index contributed by atoms with van der Waals surface area (Å²) in [5, 5.41) is 6.41. The maximum Gasteiger partial charge on any atom is 0.223 e. The van der Waals surface area contributed by atoms with Crippen molar-refractivity contribution in [3.05, 3.63) is 0 Å². The lowest BCUT2D eigenvalue weighted by molar-refractivity contribution is -0.125. The van der Waals surface area contributed by atoms with E-state index < -0.39 is 0 Å². The average Bonchev–Trinajstić information content (AvgIpc) is 2.52. The second kappa shape index (κ2) is 11.3. The zero-order valence-corrected chi connectivity index (χ0v) is 14.1. The third-order valence-corrected chi connectivity index (χ3v) is 4.61. The molecule has 124 valence electrons. The number of hydrogen-bond donors (Lipinski definition) is 2. The van der Waals surface area contributed by atoms with Crippen molar-refractivity contribution in [1.82, 2.24) is 15.5 Å². The van der Waals surface area contributed by atoms with Crippen LogP contribution in [0.5, 0.6) is 0 Å². The minimum Gasteiger partial charge on any atom is -0.356 e. The Morgan fingerprint density at radius 3 is 2.48 bits per heavy atom. The Hall–Kier alpha value is -0.320. The first kappa shape index (κ1) is 18.7. The summed E-state index contributed by atoms with van der Waals surface area (Å²) >= 11 is 0. The summed E-state index contributed by atoms with van der Waals surface area (Å²) in [6, 6.07) is 0. The van der Waals surface area contributed by atoms with Gasteiger partial charge in [0.15, 0.2) is 0 Å². The van der Waals surface area contributed by atoms with Crippen LogP contribution in [-0.2, 0) is 4.79 Å². The van der Waals surface area contributed by atoms with Crippen LogP contribution in [0.25, 0.3) is 0 Å². The number of rotatable bonds is 7. The molecule has 2 rings (SSSR count). The molecule has 2 aliphatic heterocycles. The van der Waals surface area contributed by atoms with E-state index in [0.29, 0.717) is 0 Å². The van der Waals surface area contributed by atoms with Gasteiger partial charge in [0.2, 0.25) is 5.91 Å². The molecule has 0 bridgehead atoms. The highest BCUT2D eigenvalue weighted by Crippen LogP contribution is 2.12. The number of nitrogens with one attached hydrogen (secondary N) is 2. The van der Waals surface area contributed by atoms with Crippen molar-refractivity contribution in [2.45, 2.75) is 51.4 Å². The third kappa shape index (κ3) is 7.48. The van der Waals surface area contributed by atoms with Gasteiger partial charge in [-0.1, -0.05) is 12.8 Å². The fourth-order valence-corrected chi connectivity index (χ4v) is 3.26. The number of unbranched alkanes of at least 4 members (excludes halogenated alkanes) is 2. The second-order valence-electron chi connectivity index (χ2n) is 6.28. The Morgan fingerprint density at radius 1 is 1.05 bits per heavy atom. The summed E-state index contributed by atoms with van der Waals surface area (Å²) in [7, 11) is 0. The summed E-state index contributed by atoms with van der Waals surface area (Å²) in [6.45, 7) is 6.70. The largest absolute Gasteiger partial charge is 0.356 e. The number of piperidine rings is 2. The molecule has 2 N–H and O–H groups in total. The maximum absolute atomic E-state index is 11.9. The molecule has 0 saturated carbocycles. The van der Waals surface area contributed by atoms with Gasteiger partial charge in [-0.05, 0) is 71.2 Å². The van der Waals surface area contributed by atoms with Gasteiger partial charge in [-0.3, -0.25) is 4.79 Å². The molecule has 0 atom stereocenters. The number of hydrogen-bond acceptors (Lipinski definition) is 3. The van der Waals surface area contributed by atoms with Gasteiger partial charge < -0.3 is 15.5 Å². The van der Waals surface area contributed by atoms with Crippen LogP contribution in [0.4, 0.5) is 0 Å². The molecule has 2 heterocycles. The predicted octanol–water partition coefficient (Wildman–Crippen LogP) is 2.18. The van der Waals surface area contributed by atoms with E-state index >= 15 is 0 Å². The lowest BCUT2D eigenvalue weighted by atomic mass is 9.97. The molecule has 0 radical (unpaired) electrons. The van der Waals surface area contributed by atoms with Crippen LogP contribution < -0.4 is 10.6 Å². The molecule has 4 nitrogen and oxygen atoms in total. The molecule has 0 aromatic carbocycles. The molecule has 2 fully saturated rings. The standard InChI is InChI=1S/C16H31N3O.ClH/c20-16(15-7-10-17-11-8-15)18-9-3-1-4-12-19-13-5-2-6-14-19;/h15,17H,1-14H2,(H,18,20);1H. The SMILES string of the molecule is Cl.O=C(NCCCCCN1CCCCC1)C1CCNCC1. The van der Waals surface area contributed by atoms with Crippen LogP contribution in [0.3, 0.4) is 0 Å². The average molecular weight is 318 g/mol. The van der Waals surface area contributed by atoms with E-state index in [9.17, 15) is 4.79 Å². The highest BCUT2D eigenvalue weighted by atomic mass is 35.5. The first-order valence-electron chi connectivity index (χ1n) is 8.57. The number of amides is 1. The van der Waals surface area contributed by atoms with Gasteiger partial charge in [-0.15, -0.1) is 12.4 Å². The minimum atomic E-state index is 0. The Kier molecular flexibility index (Phi) is 10.1. The van der Waals surface area contributed by atoms with Crippen molar-refractivity contribution >= 4 is 18.3 Å². The zero-order chi connectivity index (χ0) is 14.0. The van der Waals surface area contributed by atoms with Crippen molar-refractivity contribution in [3.8, 4) is 0 Å². The first-order chi connectivity index (χ1) is 9.86. The van der Waals surface area contributed by atoms with E-state index in [2.05, 4.69) is 15.5 Å². The molecule has 2 saturated heterocycles.